The van der Waals surface area contributed by atoms with Gasteiger partial charge in [0.2, 0.25) is 5.91 Å². The molecule has 0 aromatic carbocycles. The van der Waals surface area contributed by atoms with Gasteiger partial charge in [0.05, 0.1) is 13.7 Å². The first kappa shape index (κ1) is 29.5. The molecule has 0 bridgehead atoms. The molecule has 2 N–H and O–H groups in total. The van der Waals surface area contributed by atoms with Gasteiger partial charge in [-0.15, -0.1) is 11.3 Å². The monoisotopic (exact) mass is 554 g/mol. The standard InChI is InChI=1S/C25H42N4O6SSi/c1-25(2,3)37(5,6)35-15-19(23(32)33-4)27-22(31)20-16-36-24(28-20)29-11-7-18(8-12-29)26-21(30)17-9-13-34-14-10-17/h16-19H,7-15H2,1-6H3,(H,26,30)(H,27,31)/t19-/m0/s1. The average molecular weight is 555 g/mol. The normalized spacial score (nSPS) is 18.8. The van der Waals surface area contributed by atoms with E-state index in [2.05, 4.69) is 54.4 Å². The van der Waals surface area contributed by atoms with E-state index in [0.717, 1.165) is 43.9 Å². The highest BCUT2D eigenvalue weighted by Crippen LogP contribution is 2.36. The third kappa shape index (κ3) is 7.98. The van der Waals surface area contributed by atoms with Gasteiger partial charge in [-0.2, -0.15) is 0 Å². The van der Waals surface area contributed by atoms with E-state index in [0.29, 0.717) is 13.2 Å². The lowest BCUT2D eigenvalue weighted by Crippen LogP contribution is -2.49. The third-order valence-corrected chi connectivity index (χ3v) is 13.0. The number of hydrogen-bond donors (Lipinski definition) is 2. The Morgan fingerprint density at radius 2 is 1.84 bits per heavy atom. The van der Waals surface area contributed by atoms with Gasteiger partial charge in [-0.05, 0) is 43.8 Å². The topological polar surface area (TPSA) is 119 Å². The molecule has 2 fully saturated rings. The van der Waals surface area contributed by atoms with Gasteiger partial charge in [-0.25, -0.2) is 9.78 Å². The molecule has 2 amide bonds. The van der Waals surface area contributed by atoms with Gasteiger partial charge in [-0.1, -0.05) is 20.8 Å². The Kier molecular flexibility index (Phi) is 10.1. The van der Waals surface area contributed by atoms with Crippen molar-refractivity contribution < 1.29 is 28.3 Å². The van der Waals surface area contributed by atoms with Crippen LogP contribution < -0.4 is 15.5 Å². The fraction of sp³-hybridized carbons (Fsp3) is 0.760. The summed E-state index contributed by atoms with van der Waals surface area (Å²) in [6, 6.07) is -0.761. The van der Waals surface area contributed by atoms with Crippen molar-refractivity contribution in [1.82, 2.24) is 15.6 Å². The van der Waals surface area contributed by atoms with Crippen LogP contribution in [0.15, 0.2) is 5.38 Å². The fourth-order valence-corrected chi connectivity index (χ4v) is 5.93. The molecule has 0 spiro atoms. The number of ether oxygens (including phenoxy) is 2. The fourth-order valence-electron chi connectivity index (χ4n) is 4.06. The Hall–Kier alpha value is -2.02. The maximum absolute atomic E-state index is 12.9. The lowest BCUT2D eigenvalue weighted by atomic mass is 9.97. The number of amides is 2. The lowest BCUT2D eigenvalue weighted by molar-refractivity contribution is -0.143. The summed E-state index contributed by atoms with van der Waals surface area (Å²) in [6.45, 7) is 13.4. The molecule has 12 heteroatoms. The molecule has 37 heavy (non-hydrogen) atoms. The van der Waals surface area contributed by atoms with Gasteiger partial charge < -0.3 is 29.4 Å². The zero-order valence-electron chi connectivity index (χ0n) is 22.9. The van der Waals surface area contributed by atoms with Crippen LogP contribution in [0.2, 0.25) is 18.1 Å². The summed E-state index contributed by atoms with van der Waals surface area (Å²) in [6.07, 6.45) is 3.22. The maximum atomic E-state index is 12.9. The summed E-state index contributed by atoms with van der Waals surface area (Å²) >= 11 is 1.40. The molecule has 3 rings (SSSR count). The molecule has 1 aromatic heterocycles. The van der Waals surface area contributed by atoms with Crippen molar-refractivity contribution in [2.75, 3.05) is 44.9 Å². The lowest BCUT2D eigenvalue weighted by Gasteiger charge is -2.37. The molecule has 0 unspecified atom stereocenters. The summed E-state index contributed by atoms with van der Waals surface area (Å²) in [4.78, 5) is 44.5. The van der Waals surface area contributed by atoms with E-state index in [1.807, 2.05) is 0 Å². The van der Waals surface area contributed by atoms with E-state index in [9.17, 15) is 14.4 Å². The van der Waals surface area contributed by atoms with Crippen molar-refractivity contribution in [3.8, 4) is 0 Å². The van der Waals surface area contributed by atoms with E-state index < -0.39 is 26.2 Å². The zero-order valence-corrected chi connectivity index (χ0v) is 24.7. The SMILES string of the molecule is COC(=O)[C@H](CO[Si](C)(C)C(C)(C)C)NC(=O)c1csc(N2CCC(NC(=O)C3CCOCC3)CC2)n1. The number of anilines is 1. The van der Waals surface area contributed by atoms with E-state index in [1.54, 1.807) is 5.38 Å². The van der Waals surface area contributed by atoms with Crippen molar-refractivity contribution >= 4 is 42.6 Å². The number of hydrogen-bond acceptors (Lipinski definition) is 9. The van der Waals surface area contributed by atoms with Crippen LogP contribution in [0.5, 0.6) is 0 Å². The number of piperidine rings is 1. The van der Waals surface area contributed by atoms with Gasteiger partial charge in [0, 0.05) is 43.6 Å². The number of carbonyl (C=O) groups excluding carboxylic acids is 3. The molecule has 0 saturated carbocycles. The molecule has 2 aliphatic heterocycles. The van der Waals surface area contributed by atoms with Crippen LogP contribution in [0.4, 0.5) is 5.13 Å². The minimum absolute atomic E-state index is 0.0252. The number of nitrogens with zero attached hydrogens (tertiary/aromatic N) is 2. The smallest absolute Gasteiger partial charge is 0.330 e. The molecule has 0 radical (unpaired) electrons. The van der Waals surface area contributed by atoms with Crippen molar-refractivity contribution in [2.24, 2.45) is 5.92 Å². The summed E-state index contributed by atoms with van der Waals surface area (Å²) in [5, 5.41) is 8.37. The quantitative estimate of drug-likeness (QED) is 0.353. The largest absolute Gasteiger partial charge is 0.467 e. The Bertz CT molecular complexity index is 936. The Morgan fingerprint density at radius 1 is 1.19 bits per heavy atom. The molecule has 3 heterocycles. The van der Waals surface area contributed by atoms with Crippen molar-refractivity contribution in [2.45, 2.75) is 76.7 Å². The molecule has 1 atom stereocenters. The molecular weight excluding hydrogens is 512 g/mol. The van der Waals surface area contributed by atoms with Crippen LogP contribution >= 0.6 is 11.3 Å². The maximum Gasteiger partial charge on any atom is 0.330 e. The van der Waals surface area contributed by atoms with Crippen LogP contribution in [0.25, 0.3) is 0 Å². The predicted molar refractivity (Wildman–Crippen MR) is 145 cm³/mol. The van der Waals surface area contributed by atoms with Crippen LogP contribution in [0, 0.1) is 5.92 Å². The highest BCUT2D eigenvalue weighted by Gasteiger charge is 2.38. The molecule has 10 nitrogen and oxygen atoms in total. The second-order valence-electron chi connectivity index (χ2n) is 11.3. The summed E-state index contributed by atoms with van der Waals surface area (Å²) in [5.74, 6) is -0.803. The Labute approximate surface area is 224 Å². The Morgan fingerprint density at radius 3 is 2.43 bits per heavy atom. The number of rotatable bonds is 9. The molecule has 1 aromatic rings. The first-order valence-electron chi connectivity index (χ1n) is 13.0. The van der Waals surface area contributed by atoms with Gasteiger partial charge in [0.25, 0.3) is 5.91 Å². The van der Waals surface area contributed by atoms with Gasteiger partial charge >= 0.3 is 5.97 Å². The third-order valence-electron chi connectivity index (χ3n) is 7.64. The molecule has 0 aliphatic carbocycles. The number of aromatic nitrogens is 1. The average Bonchev–Trinajstić information content (AvgIpc) is 3.37. The van der Waals surface area contributed by atoms with Gasteiger partial charge in [0.1, 0.15) is 11.7 Å². The van der Waals surface area contributed by atoms with Crippen molar-refractivity contribution in [3.63, 3.8) is 0 Å². The van der Waals surface area contributed by atoms with Crippen molar-refractivity contribution in [1.29, 1.82) is 0 Å². The second kappa shape index (κ2) is 12.7. The first-order chi connectivity index (χ1) is 17.4. The zero-order chi connectivity index (χ0) is 27.2. The highest BCUT2D eigenvalue weighted by molar-refractivity contribution is 7.13. The number of carbonyl (C=O) groups is 3. The van der Waals surface area contributed by atoms with Gasteiger partial charge in [0.15, 0.2) is 13.4 Å². The van der Waals surface area contributed by atoms with Crippen LogP contribution in [0.3, 0.4) is 0 Å². The summed E-state index contributed by atoms with van der Waals surface area (Å²) in [7, 11) is -0.816. The number of esters is 1. The molecule has 2 saturated heterocycles. The number of thiazole rings is 1. The summed E-state index contributed by atoms with van der Waals surface area (Å²) in [5.41, 5.74) is 0.260. The Balaban J connectivity index is 1.52. The van der Waals surface area contributed by atoms with E-state index in [-0.39, 0.29) is 35.2 Å². The second-order valence-corrected chi connectivity index (χ2v) is 16.9. The van der Waals surface area contributed by atoms with Crippen LogP contribution in [0.1, 0.15) is 56.9 Å². The molecule has 2 aliphatic rings. The predicted octanol–water partition coefficient (Wildman–Crippen LogP) is 2.95. The van der Waals surface area contributed by atoms with Gasteiger partial charge in [-0.3, -0.25) is 9.59 Å². The first-order valence-corrected chi connectivity index (χ1v) is 16.8. The summed E-state index contributed by atoms with van der Waals surface area (Å²) < 4.78 is 16.4. The molecular formula is C25H42N4O6SSi. The highest BCUT2D eigenvalue weighted by atomic mass is 32.1. The van der Waals surface area contributed by atoms with Crippen LogP contribution in [-0.4, -0.2) is 83.2 Å². The minimum atomic E-state index is -2.11. The number of methoxy groups -OCH3 is 1. The van der Waals surface area contributed by atoms with Crippen LogP contribution in [-0.2, 0) is 23.5 Å². The van der Waals surface area contributed by atoms with E-state index in [4.69, 9.17) is 13.9 Å². The van der Waals surface area contributed by atoms with Crippen molar-refractivity contribution in [3.05, 3.63) is 11.1 Å². The minimum Gasteiger partial charge on any atom is -0.467 e. The molecule has 208 valence electrons. The van der Waals surface area contributed by atoms with E-state index in [1.165, 1.54) is 18.4 Å². The van der Waals surface area contributed by atoms with E-state index >= 15 is 0 Å². The number of nitrogens with one attached hydrogen (secondary N) is 2.